The molecule has 0 aliphatic rings. The highest BCUT2D eigenvalue weighted by Gasteiger charge is 2.20. The highest BCUT2D eigenvalue weighted by molar-refractivity contribution is 6.14. The summed E-state index contributed by atoms with van der Waals surface area (Å²) < 4.78 is 9.20. The summed E-state index contributed by atoms with van der Waals surface area (Å²) in [5.41, 5.74) is 9.84. The van der Waals surface area contributed by atoms with Crippen LogP contribution < -0.4 is 0 Å². The quantitative estimate of drug-likeness (QED) is 0.188. The minimum Gasteiger partial charge on any atom is -0.453 e. The van der Waals surface area contributed by atoms with Gasteiger partial charge in [-0.1, -0.05) is 152 Å². The van der Waals surface area contributed by atoms with Crippen LogP contribution in [0.3, 0.4) is 0 Å². The molecule has 0 fully saturated rings. The van der Waals surface area contributed by atoms with Gasteiger partial charge in [0, 0.05) is 43.8 Å². The Hall–Kier alpha value is -6.85. The smallest absolute Gasteiger partial charge is 0.164 e. The van der Waals surface area contributed by atoms with E-state index in [9.17, 15) is 0 Å². The van der Waals surface area contributed by atoms with Crippen molar-refractivity contribution in [3.8, 4) is 51.0 Å². The molecule has 0 amide bonds. The van der Waals surface area contributed by atoms with Crippen molar-refractivity contribution < 1.29 is 4.42 Å². The van der Waals surface area contributed by atoms with E-state index in [1.807, 2.05) is 66.7 Å². The summed E-state index contributed by atoms with van der Waals surface area (Å²) in [6.07, 6.45) is 0. The van der Waals surface area contributed by atoms with Crippen LogP contribution in [0.1, 0.15) is 0 Å². The van der Waals surface area contributed by atoms with Gasteiger partial charge in [0.1, 0.15) is 5.58 Å². The topological polar surface area (TPSA) is 56.7 Å². The van der Waals surface area contributed by atoms with Gasteiger partial charge in [-0.3, -0.25) is 0 Å². The number of para-hydroxylation sites is 3. The Bertz CT molecular complexity index is 2800. The second-order valence-electron chi connectivity index (χ2n) is 12.4. The van der Waals surface area contributed by atoms with Gasteiger partial charge < -0.3 is 8.98 Å². The molecule has 50 heavy (non-hydrogen) atoms. The number of fused-ring (bicyclic) bond motifs is 6. The predicted octanol–water partition coefficient (Wildman–Crippen LogP) is 11.5. The number of hydrogen-bond donors (Lipinski definition) is 0. The molecule has 0 radical (unpaired) electrons. The van der Waals surface area contributed by atoms with Gasteiger partial charge >= 0.3 is 0 Å². The molecular weight excluding hydrogens is 613 g/mol. The van der Waals surface area contributed by atoms with Crippen LogP contribution in [-0.2, 0) is 0 Å². The lowest BCUT2D eigenvalue weighted by molar-refractivity contribution is 0.667. The fourth-order valence-electron chi connectivity index (χ4n) is 7.13. The molecule has 7 aromatic carbocycles. The third-order valence-corrected chi connectivity index (χ3v) is 9.46. The molecule has 3 heterocycles. The van der Waals surface area contributed by atoms with Crippen molar-refractivity contribution >= 4 is 43.7 Å². The number of hydrogen-bond acceptors (Lipinski definition) is 4. The van der Waals surface area contributed by atoms with Crippen molar-refractivity contribution in [1.82, 2.24) is 19.5 Å². The van der Waals surface area contributed by atoms with Crippen LogP contribution in [0.5, 0.6) is 0 Å². The average molecular weight is 641 g/mol. The largest absolute Gasteiger partial charge is 0.453 e. The van der Waals surface area contributed by atoms with Gasteiger partial charge in [0.2, 0.25) is 0 Å². The molecule has 0 aliphatic carbocycles. The Labute approximate surface area is 287 Å². The number of nitrogens with zero attached hydrogens (tertiary/aromatic N) is 4. The van der Waals surface area contributed by atoms with Crippen molar-refractivity contribution in [3.05, 3.63) is 170 Å². The Morgan fingerprint density at radius 1 is 0.360 bits per heavy atom. The molecule has 10 rings (SSSR count). The molecule has 234 valence electrons. The summed E-state index contributed by atoms with van der Waals surface area (Å²) in [6.45, 7) is 0. The lowest BCUT2D eigenvalue weighted by Crippen LogP contribution is -2.00. The number of furan rings is 1. The average Bonchev–Trinajstić information content (AvgIpc) is 3.74. The summed E-state index contributed by atoms with van der Waals surface area (Å²) in [7, 11) is 0. The number of benzene rings is 7. The first-order chi connectivity index (χ1) is 24.8. The molecule has 3 aromatic heterocycles. The lowest BCUT2D eigenvalue weighted by atomic mass is 10.0. The molecule has 0 atom stereocenters. The Balaban J connectivity index is 1.23. The number of rotatable bonds is 5. The molecule has 0 aliphatic heterocycles. The fourth-order valence-corrected chi connectivity index (χ4v) is 7.13. The highest BCUT2D eigenvalue weighted by Crippen LogP contribution is 2.41. The Kier molecular flexibility index (Phi) is 6.42. The van der Waals surface area contributed by atoms with Crippen molar-refractivity contribution in [3.63, 3.8) is 0 Å². The van der Waals surface area contributed by atoms with E-state index in [1.165, 1.54) is 0 Å². The minimum atomic E-state index is 0.617. The predicted molar refractivity (Wildman–Crippen MR) is 203 cm³/mol. The maximum absolute atomic E-state index is 6.88. The monoisotopic (exact) mass is 640 g/mol. The third-order valence-electron chi connectivity index (χ3n) is 9.46. The van der Waals surface area contributed by atoms with Crippen LogP contribution in [0.25, 0.3) is 94.7 Å². The van der Waals surface area contributed by atoms with Gasteiger partial charge in [-0.15, -0.1) is 0 Å². The Morgan fingerprint density at radius 3 is 1.56 bits per heavy atom. The summed E-state index contributed by atoms with van der Waals surface area (Å²) in [4.78, 5) is 15.0. The second-order valence-corrected chi connectivity index (χ2v) is 12.4. The zero-order valence-electron chi connectivity index (χ0n) is 26.9. The van der Waals surface area contributed by atoms with Crippen molar-refractivity contribution in [2.24, 2.45) is 0 Å². The van der Waals surface area contributed by atoms with Gasteiger partial charge in [-0.25, -0.2) is 15.0 Å². The maximum atomic E-state index is 6.88. The molecule has 0 saturated carbocycles. The van der Waals surface area contributed by atoms with E-state index in [2.05, 4.69) is 108 Å². The second kappa shape index (κ2) is 11.4. The zero-order valence-corrected chi connectivity index (χ0v) is 26.9. The van der Waals surface area contributed by atoms with Crippen molar-refractivity contribution in [2.75, 3.05) is 0 Å². The number of aromatic nitrogens is 4. The molecule has 0 bridgehead atoms. The first-order valence-electron chi connectivity index (χ1n) is 16.7. The molecule has 0 unspecified atom stereocenters. The lowest BCUT2D eigenvalue weighted by Gasteiger charge is -2.11. The fraction of sp³-hybridized carbons (Fsp3) is 0. The van der Waals surface area contributed by atoms with E-state index in [1.54, 1.807) is 0 Å². The Morgan fingerprint density at radius 2 is 0.880 bits per heavy atom. The minimum absolute atomic E-state index is 0.617. The molecule has 10 aromatic rings. The summed E-state index contributed by atoms with van der Waals surface area (Å²) in [6, 6.07) is 58.5. The molecule has 5 nitrogen and oxygen atoms in total. The summed E-state index contributed by atoms with van der Waals surface area (Å²) in [5.74, 6) is 1.89. The van der Waals surface area contributed by atoms with Crippen LogP contribution in [-0.4, -0.2) is 19.5 Å². The van der Waals surface area contributed by atoms with E-state index in [0.717, 1.165) is 77.2 Å². The van der Waals surface area contributed by atoms with Crippen LogP contribution in [0.4, 0.5) is 0 Å². The molecule has 0 spiro atoms. The van der Waals surface area contributed by atoms with Gasteiger partial charge in [-0.2, -0.15) is 0 Å². The zero-order chi connectivity index (χ0) is 33.0. The third kappa shape index (κ3) is 4.52. The first kappa shape index (κ1) is 28.2. The highest BCUT2D eigenvalue weighted by atomic mass is 16.3. The van der Waals surface area contributed by atoms with E-state index < -0.39 is 0 Å². The van der Waals surface area contributed by atoms with Crippen molar-refractivity contribution in [1.29, 1.82) is 0 Å². The van der Waals surface area contributed by atoms with Gasteiger partial charge in [0.05, 0.1) is 16.7 Å². The molecule has 0 N–H and O–H groups in total. The first-order valence-corrected chi connectivity index (χ1v) is 16.7. The van der Waals surface area contributed by atoms with E-state index in [-0.39, 0.29) is 0 Å². The van der Waals surface area contributed by atoms with Crippen molar-refractivity contribution in [2.45, 2.75) is 0 Å². The van der Waals surface area contributed by atoms with Gasteiger partial charge in [-0.05, 0) is 23.8 Å². The summed E-state index contributed by atoms with van der Waals surface area (Å²) >= 11 is 0. The van der Waals surface area contributed by atoms with Gasteiger partial charge in [0.15, 0.2) is 23.1 Å². The molecule has 5 heteroatoms. The SMILES string of the molecule is c1ccc(-c2nc(-c3ccccc3)nc(-c3ccc4c5ccccc5n(-c5cccc6c5oc5c(-c7ccccc7)cccc56)c4c3)n2)cc1. The summed E-state index contributed by atoms with van der Waals surface area (Å²) in [5, 5.41) is 4.48. The maximum Gasteiger partial charge on any atom is 0.164 e. The standard InChI is InChI=1S/C45H28N4O/c1-4-14-29(15-5-1)33-21-12-22-36-37-23-13-25-39(42(37)50-41(33)36)49-38-24-11-10-20-34(38)35-27-26-32(28-40(35)49)45-47-43(30-16-6-2-7-17-30)46-44(48-45)31-18-8-3-9-19-31/h1-28H. The normalized spacial score (nSPS) is 11.6. The van der Waals surface area contributed by atoms with E-state index >= 15 is 0 Å². The van der Waals surface area contributed by atoms with Crippen LogP contribution in [0.2, 0.25) is 0 Å². The van der Waals surface area contributed by atoms with Crippen LogP contribution in [0.15, 0.2) is 174 Å². The van der Waals surface area contributed by atoms with Crippen LogP contribution in [0, 0.1) is 0 Å². The van der Waals surface area contributed by atoms with Gasteiger partial charge in [0.25, 0.3) is 0 Å². The molecule has 0 saturated heterocycles. The molecular formula is C45H28N4O. The van der Waals surface area contributed by atoms with E-state index in [4.69, 9.17) is 19.4 Å². The van der Waals surface area contributed by atoms with Crippen LogP contribution >= 0.6 is 0 Å². The van der Waals surface area contributed by atoms with E-state index in [0.29, 0.717) is 17.5 Å².